The van der Waals surface area contributed by atoms with E-state index in [1.807, 2.05) is 0 Å². The third-order valence-corrected chi connectivity index (χ3v) is 5.76. The number of carbonyl (C=O) groups excluding carboxylic acids is 1. The maximum atomic E-state index is 13.3. The maximum absolute atomic E-state index is 13.3. The first-order chi connectivity index (χ1) is 16.9. The SMILES string of the molecule is COCCN(Cc1nc2ccccc2c(=O)[nH]1)C(=O)/C=C/c1c(C)nn(-c2ccc(F)cc2)c1Cl. The number of hydrogen-bond acceptors (Lipinski definition) is 5. The molecule has 4 aromatic rings. The number of aromatic nitrogens is 4. The summed E-state index contributed by atoms with van der Waals surface area (Å²) < 4.78 is 19.9. The minimum atomic E-state index is -0.363. The Hall–Kier alpha value is -3.82. The number of ether oxygens (including phenoxy) is 1. The molecule has 0 radical (unpaired) electrons. The first-order valence-corrected chi connectivity index (χ1v) is 11.2. The molecule has 8 nitrogen and oxygen atoms in total. The second-order valence-electron chi connectivity index (χ2n) is 7.79. The summed E-state index contributed by atoms with van der Waals surface area (Å²) in [6.07, 6.45) is 2.98. The third kappa shape index (κ3) is 5.47. The quantitative estimate of drug-likeness (QED) is 0.374. The lowest BCUT2D eigenvalue weighted by Gasteiger charge is -2.20. The average Bonchev–Trinajstić information content (AvgIpc) is 3.13. The Morgan fingerprint density at radius 2 is 1.97 bits per heavy atom. The monoisotopic (exact) mass is 495 g/mol. The van der Waals surface area contributed by atoms with Crippen LogP contribution in [0.1, 0.15) is 17.1 Å². The number of H-pyrrole nitrogens is 1. The fraction of sp³-hybridized carbons (Fsp3) is 0.200. The molecular formula is C25H23ClFN5O3. The molecule has 0 spiro atoms. The Bertz CT molecular complexity index is 1450. The van der Waals surface area contributed by atoms with Gasteiger partial charge in [-0.3, -0.25) is 9.59 Å². The zero-order valence-electron chi connectivity index (χ0n) is 19.2. The van der Waals surface area contributed by atoms with Gasteiger partial charge in [-0.25, -0.2) is 14.1 Å². The van der Waals surface area contributed by atoms with Crippen LogP contribution in [-0.2, 0) is 16.1 Å². The van der Waals surface area contributed by atoms with Crippen LogP contribution in [0.3, 0.4) is 0 Å². The zero-order chi connectivity index (χ0) is 24.9. The van der Waals surface area contributed by atoms with E-state index >= 15 is 0 Å². The first kappa shape index (κ1) is 24.3. The zero-order valence-corrected chi connectivity index (χ0v) is 19.9. The Morgan fingerprint density at radius 3 is 2.71 bits per heavy atom. The molecule has 0 aliphatic heterocycles. The Kier molecular flexibility index (Phi) is 7.38. The minimum absolute atomic E-state index is 0.0914. The molecule has 35 heavy (non-hydrogen) atoms. The molecule has 1 N–H and O–H groups in total. The molecule has 0 saturated heterocycles. The molecule has 4 rings (SSSR count). The number of nitrogens with zero attached hydrogens (tertiary/aromatic N) is 4. The number of fused-ring (bicyclic) bond motifs is 1. The number of halogens is 2. The van der Waals surface area contributed by atoms with E-state index in [0.717, 1.165) is 0 Å². The Balaban J connectivity index is 1.58. The van der Waals surface area contributed by atoms with Crippen LogP contribution < -0.4 is 5.56 Å². The number of nitrogens with one attached hydrogen (secondary N) is 1. The van der Waals surface area contributed by atoms with Gasteiger partial charge in [0.15, 0.2) is 0 Å². The van der Waals surface area contributed by atoms with Crippen molar-refractivity contribution in [2.45, 2.75) is 13.5 Å². The second-order valence-corrected chi connectivity index (χ2v) is 8.15. The molecular weight excluding hydrogens is 473 g/mol. The highest BCUT2D eigenvalue weighted by molar-refractivity contribution is 6.31. The van der Waals surface area contributed by atoms with Gasteiger partial charge in [-0.2, -0.15) is 5.10 Å². The lowest BCUT2D eigenvalue weighted by atomic mass is 10.2. The van der Waals surface area contributed by atoms with Gasteiger partial charge in [0.2, 0.25) is 5.91 Å². The van der Waals surface area contributed by atoms with Crippen LogP contribution >= 0.6 is 11.6 Å². The lowest BCUT2D eigenvalue weighted by Crippen LogP contribution is -2.33. The smallest absolute Gasteiger partial charge is 0.258 e. The molecule has 0 unspecified atom stereocenters. The molecule has 180 valence electrons. The molecule has 0 fully saturated rings. The van der Waals surface area contributed by atoms with Crippen molar-refractivity contribution in [3.05, 3.63) is 93.0 Å². The predicted molar refractivity (Wildman–Crippen MR) is 132 cm³/mol. The lowest BCUT2D eigenvalue weighted by molar-refractivity contribution is -0.127. The van der Waals surface area contributed by atoms with Crippen LogP contribution in [0, 0.1) is 12.7 Å². The number of hydrogen-bond donors (Lipinski definition) is 1. The average molecular weight is 496 g/mol. The number of aryl methyl sites for hydroxylation is 1. The summed E-state index contributed by atoms with van der Waals surface area (Å²) in [6, 6.07) is 12.8. The van der Waals surface area contributed by atoms with Crippen molar-refractivity contribution < 1.29 is 13.9 Å². The molecule has 0 aliphatic carbocycles. The van der Waals surface area contributed by atoms with Gasteiger partial charge in [0.25, 0.3) is 5.56 Å². The summed E-state index contributed by atoms with van der Waals surface area (Å²) in [5, 5.41) is 5.18. The van der Waals surface area contributed by atoms with Gasteiger partial charge in [-0.15, -0.1) is 0 Å². The molecule has 1 amide bonds. The molecule has 2 aromatic heterocycles. The van der Waals surface area contributed by atoms with E-state index < -0.39 is 0 Å². The highest BCUT2D eigenvalue weighted by Crippen LogP contribution is 2.25. The number of para-hydroxylation sites is 1. The van der Waals surface area contributed by atoms with Crippen molar-refractivity contribution in [1.82, 2.24) is 24.6 Å². The second kappa shape index (κ2) is 10.6. The maximum Gasteiger partial charge on any atom is 0.258 e. The number of benzene rings is 2. The van der Waals surface area contributed by atoms with E-state index in [-0.39, 0.29) is 30.4 Å². The standard InChI is InChI=1S/C25H23ClFN5O3/c1-16-19(24(26)32(30-16)18-9-7-17(27)8-10-18)11-12-23(33)31(13-14-35-2)15-22-28-21-6-4-3-5-20(21)25(34)29-22/h3-12H,13-15H2,1-2H3,(H,28,29,34)/b12-11+. The summed E-state index contributed by atoms with van der Waals surface area (Å²) >= 11 is 6.51. The van der Waals surface area contributed by atoms with Crippen LogP contribution in [0.2, 0.25) is 5.15 Å². The normalized spacial score (nSPS) is 11.4. The van der Waals surface area contributed by atoms with Gasteiger partial charge in [0.1, 0.15) is 16.8 Å². The van der Waals surface area contributed by atoms with Gasteiger partial charge in [-0.1, -0.05) is 23.7 Å². The molecule has 0 bridgehead atoms. The van der Waals surface area contributed by atoms with E-state index in [1.54, 1.807) is 56.5 Å². The van der Waals surface area contributed by atoms with E-state index in [9.17, 15) is 14.0 Å². The summed E-state index contributed by atoms with van der Waals surface area (Å²) in [7, 11) is 1.54. The van der Waals surface area contributed by atoms with Crippen LogP contribution in [-0.4, -0.2) is 50.8 Å². The van der Waals surface area contributed by atoms with Crippen molar-refractivity contribution in [3.8, 4) is 5.69 Å². The van der Waals surface area contributed by atoms with Gasteiger partial charge in [0.05, 0.1) is 35.4 Å². The van der Waals surface area contributed by atoms with Crippen molar-refractivity contribution in [3.63, 3.8) is 0 Å². The van der Waals surface area contributed by atoms with Crippen molar-refractivity contribution in [1.29, 1.82) is 0 Å². The minimum Gasteiger partial charge on any atom is -0.383 e. The molecule has 0 aliphatic rings. The van der Waals surface area contributed by atoms with Gasteiger partial charge < -0.3 is 14.6 Å². The van der Waals surface area contributed by atoms with E-state index in [2.05, 4.69) is 15.1 Å². The van der Waals surface area contributed by atoms with E-state index in [4.69, 9.17) is 16.3 Å². The highest BCUT2D eigenvalue weighted by atomic mass is 35.5. The van der Waals surface area contributed by atoms with Crippen molar-refractivity contribution in [2.24, 2.45) is 0 Å². The highest BCUT2D eigenvalue weighted by Gasteiger charge is 2.16. The Labute approximate surface area is 205 Å². The van der Waals surface area contributed by atoms with Crippen LogP contribution in [0.4, 0.5) is 4.39 Å². The fourth-order valence-electron chi connectivity index (χ4n) is 3.57. The summed E-state index contributed by atoms with van der Waals surface area (Å²) in [5.74, 6) is -0.314. The number of aromatic amines is 1. The number of carbonyl (C=O) groups is 1. The van der Waals surface area contributed by atoms with E-state index in [0.29, 0.717) is 45.4 Å². The van der Waals surface area contributed by atoms with Crippen molar-refractivity contribution in [2.75, 3.05) is 20.3 Å². The largest absolute Gasteiger partial charge is 0.383 e. The van der Waals surface area contributed by atoms with Gasteiger partial charge in [-0.05, 0) is 49.4 Å². The van der Waals surface area contributed by atoms with Crippen LogP contribution in [0.15, 0.2) is 59.4 Å². The van der Waals surface area contributed by atoms with Gasteiger partial charge >= 0.3 is 0 Å². The summed E-state index contributed by atoms with van der Waals surface area (Å²) in [6.45, 7) is 2.45. The summed E-state index contributed by atoms with van der Waals surface area (Å²) in [4.78, 5) is 34.2. The fourth-order valence-corrected chi connectivity index (χ4v) is 3.91. The molecule has 2 aromatic carbocycles. The predicted octanol–water partition coefficient (Wildman–Crippen LogP) is 3.90. The van der Waals surface area contributed by atoms with Crippen LogP contribution in [0.5, 0.6) is 0 Å². The molecule has 10 heteroatoms. The number of rotatable bonds is 8. The van der Waals surface area contributed by atoms with Crippen molar-refractivity contribution >= 4 is 34.5 Å². The topological polar surface area (TPSA) is 93.1 Å². The molecule has 2 heterocycles. The van der Waals surface area contributed by atoms with Crippen LogP contribution in [0.25, 0.3) is 22.7 Å². The van der Waals surface area contributed by atoms with E-state index in [1.165, 1.54) is 27.8 Å². The number of methoxy groups -OCH3 is 1. The van der Waals surface area contributed by atoms with Gasteiger partial charge in [0, 0.05) is 25.3 Å². The Morgan fingerprint density at radius 1 is 1.23 bits per heavy atom. The molecule has 0 atom stereocenters. The summed E-state index contributed by atoms with van der Waals surface area (Å²) in [5.41, 5.74) is 2.05. The number of amides is 1. The molecule has 0 saturated carbocycles. The first-order valence-electron chi connectivity index (χ1n) is 10.8. The third-order valence-electron chi connectivity index (χ3n) is 5.39.